The smallest absolute Gasteiger partial charge is 0.330 e. The van der Waals surface area contributed by atoms with Crippen LogP contribution in [0.3, 0.4) is 0 Å². The zero-order valence-corrected chi connectivity index (χ0v) is 12.1. The molecule has 0 saturated heterocycles. The van der Waals surface area contributed by atoms with E-state index in [9.17, 15) is 4.79 Å². The first-order valence-corrected chi connectivity index (χ1v) is 6.27. The molecule has 20 heavy (non-hydrogen) atoms. The van der Waals surface area contributed by atoms with Gasteiger partial charge in [-0.3, -0.25) is 0 Å². The Morgan fingerprint density at radius 2 is 2.15 bits per heavy atom. The molecule has 110 valence electrons. The lowest BCUT2D eigenvalue weighted by Gasteiger charge is -2.19. The van der Waals surface area contributed by atoms with E-state index in [4.69, 9.17) is 21.1 Å². The first-order valence-electron chi connectivity index (χ1n) is 6.27. The highest BCUT2D eigenvalue weighted by Gasteiger charge is 2.11. The van der Waals surface area contributed by atoms with Crippen LogP contribution in [0.25, 0.3) is 0 Å². The zero-order chi connectivity index (χ0) is 15.1. The summed E-state index contributed by atoms with van der Waals surface area (Å²) >= 11 is 0. The van der Waals surface area contributed by atoms with Gasteiger partial charge in [-0.05, 0) is 31.0 Å². The summed E-state index contributed by atoms with van der Waals surface area (Å²) in [5.41, 5.74) is 8.03. The molecule has 0 aliphatic carbocycles. The van der Waals surface area contributed by atoms with Gasteiger partial charge in [0.15, 0.2) is 0 Å². The summed E-state index contributed by atoms with van der Waals surface area (Å²) in [5, 5.41) is 1.41. The molecule has 0 atom stereocenters. The summed E-state index contributed by atoms with van der Waals surface area (Å²) in [6, 6.07) is 3.64. The Hall–Kier alpha value is -2.21. The van der Waals surface area contributed by atoms with Crippen molar-refractivity contribution in [1.29, 1.82) is 0 Å². The molecule has 6 nitrogen and oxygen atoms in total. The van der Waals surface area contributed by atoms with Gasteiger partial charge >= 0.3 is 5.97 Å². The number of carbonyl (C=O) groups excluding carboxylic acids is 1. The third-order valence-electron chi connectivity index (χ3n) is 2.63. The molecular weight excluding hydrogens is 258 g/mol. The van der Waals surface area contributed by atoms with Crippen LogP contribution in [-0.4, -0.2) is 26.7 Å². The van der Waals surface area contributed by atoms with Crippen LogP contribution in [0.2, 0.25) is 0 Å². The molecule has 1 rings (SSSR count). The maximum absolute atomic E-state index is 11.2. The van der Waals surface area contributed by atoms with Gasteiger partial charge in [0.25, 0.3) is 0 Å². The van der Waals surface area contributed by atoms with Gasteiger partial charge in [0.1, 0.15) is 11.4 Å². The minimum Gasteiger partial charge on any atom is -0.494 e. The van der Waals surface area contributed by atoms with E-state index in [2.05, 4.69) is 0 Å². The lowest BCUT2D eigenvalue weighted by Crippen LogP contribution is -2.26. The Bertz CT molecular complexity index is 499. The molecule has 0 aromatic heterocycles. The van der Waals surface area contributed by atoms with Crippen LogP contribution in [0.5, 0.6) is 5.75 Å². The molecule has 0 unspecified atom stereocenters. The Balaban J connectivity index is 2.88. The van der Waals surface area contributed by atoms with Crippen LogP contribution in [0, 0.1) is 0 Å². The largest absolute Gasteiger partial charge is 0.494 e. The summed E-state index contributed by atoms with van der Waals surface area (Å²) in [4.78, 5) is 11.2. The van der Waals surface area contributed by atoms with Crippen LogP contribution in [0.1, 0.15) is 12.5 Å². The number of hydrogen-bond acceptors (Lipinski definition) is 6. The zero-order valence-electron chi connectivity index (χ0n) is 12.1. The van der Waals surface area contributed by atoms with E-state index >= 15 is 0 Å². The van der Waals surface area contributed by atoms with E-state index in [0.29, 0.717) is 30.2 Å². The number of anilines is 2. The standard InChI is InChI=1S/C14H21N3O3/c1-4-20-13(18)7-5-6-10-8-11(15)14(17(2)16)12(9-10)19-3/h5,7-9H,4,6,15-16H2,1-3H3. The average molecular weight is 279 g/mol. The number of ether oxygens (including phenoxy) is 2. The Labute approximate surface area is 118 Å². The SMILES string of the molecule is CCOC(=O)C=CCc1cc(N)c(N(C)N)c(OC)c1. The van der Waals surface area contributed by atoms with Gasteiger partial charge < -0.3 is 20.2 Å². The second-order valence-electron chi connectivity index (χ2n) is 4.21. The second kappa shape index (κ2) is 7.40. The van der Waals surface area contributed by atoms with Gasteiger partial charge in [-0.15, -0.1) is 0 Å². The highest BCUT2D eigenvalue weighted by molar-refractivity contribution is 5.82. The van der Waals surface area contributed by atoms with Gasteiger partial charge in [0.05, 0.1) is 19.4 Å². The van der Waals surface area contributed by atoms with Gasteiger partial charge in [0, 0.05) is 13.1 Å². The number of nitrogens with two attached hydrogens (primary N) is 2. The molecule has 1 aromatic carbocycles. The normalized spacial score (nSPS) is 10.6. The number of nitrogen functional groups attached to an aromatic ring is 1. The van der Waals surface area contributed by atoms with Crippen LogP contribution in [-0.2, 0) is 16.0 Å². The monoisotopic (exact) mass is 279 g/mol. The number of carbonyl (C=O) groups is 1. The number of hydrogen-bond donors (Lipinski definition) is 2. The second-order valence-corrected chi connectivity index (χ2v) is 4.21. The Morgan fingerprint density at radius 3 is 2.70 bits per heavy atom. The van der Waals surface area contributed by atoms with Crippen molar-refractivity contribution >= 4 is 17.3 Å². The van der Waals surface area contributed by atoms with Crippen molar-refractivity contribution in [2.24, 2.45) is 5.84 Å². The molecule has 6 heteroatoms. The molecule has 0 fully saturated rings. The van der Waals surface area contributed by atoms with Crippen molar-refractivity contribution in [3.63, 3.8) is 0 Å². The highest BCUT2D eigenvalue weighted by Crippen LogP contribution is 2.33. The molecule has 0 amide bonds. The van der Waals surface area contributed by atoms with Crippen molar-refractivity contribution < 1.29 is 14.3 Å². The lowest BCUT2D eigenvalue weighted by molar-refractivity contribution is -0.137. The van der Waals surface area contributed by atoms with Crippen molar-refractivity contribution in [2.45, 2.75) is 13.3 Å². The number of benzene rings is 1. The van der Waals surface area contributed by atoms with E-state index in [1.54, 1.807) is 33.2 Å². The first kappa shape index (κ1) is 15.8. The number of methoxy groups -OCH3 is 1. The van der Waals surface area contributed by atoms with Crippen LogP contribution in [0.4, 0.5) is 11.4 Å². The van der Waals surface area contributed by atoms with Gasteiger partial charge in [-0.2, -0.15) is 0 Å². The third-order valence-corrected chi connectivity index (χ3v) is 2.63. The van der Waals surface area contributed by atoms with Crippen LogP contribution < -0.4 is 21.3 Å². The Morgan fingerprint density at radius 1 is 1.45 bits per heavy atom. The average Bonchev–Trinajstić information content (AvgIpc) is 2.37. The fourth-order valence-corrected chi connectivity index (χ4v) is 1.82. The van der Waals surface area contributed by atoms with Crippen LogP contribution >= 0.6 is 0 Å². The predicted octanol–water partition coefficient (Wildman–Crippen LogP) is 1.25. The first-order chi connectivity index (χ1) is 9.49. The molecule has 0 aliphatic rings. The summed E-state index contributed by atoms with van der Waals surface area (Å²) < 4.78 is 10.1. The van der Waals surface area contributed by atoms with Crippen molar-refractivity contribution in [2.75, 3.05) is 31.5 Å². The number of rotatable bonds is 6. The molecule has 0 saturated carbocycles. The fourth-order valence-electron chi connectivity index (χ4n) is 1.82. The summed E-state index contributed by atoms with van der Waals surface area (Å²) in [6.07, 6.45) is 3.67. The van der Waals surface area contributed by atoms with Gasteiger partial charge in [0.2, 0.25) is 0 Å². The quantitative estimate of drug-likeness (QED) is 0.268. The number of esters is 1. The molecule has 4 N–H and O–H groups in total. The molecule has 0 radical (unpaired) electrons. The van der Waals surface area contributed by atoms with Gasteiger partial charge in [-0.1, -0.05) is 6.08 Å². The van der Waals surface area contributed by atoms with Crippen LogP contribution in [0.15, 0.2) is 24.3 Å². The minimum atomic E-state index is -0.356. The molecular formula is C14H21N3O3. The van der Waals surface area contributed by atoms with Crippen molar-refractivity contribution in [3.05, 3.63) is 29.8 Å². The summed E-state index contributed by atoms with van der Waals surface area (Å²) in [5.74, 6) is 5.95. The van der Waals surface area contributed by atoms with Gasteiger partial charge in [-0.25, -0.2) is 10.6 Å². The maximum atomic E-state index is 11.2. The molecule has 0 aliphatic heterocycles. The molecule has 1 aromatic rings. The maximum Gasteiger partial charge on any atom is 0.330 e. The molecule has 0 spiro atoms. The van der Waals surface area contributed by atoms with E-state index in [0.717, 1.165) is 5.56 Å². The number of allylic oxidation sites excluding steroid dienone is 1. The van der Waals surface area contributed by atoms with Crippen molar-refractivity contribution in [3.8, 4) is 5.75 Å². The predicted molar refractivity (Wildman–Crippen MR) is 79.5 cm³/mol. The van der Waals surface area contributed by atoms with E-state index in [-0.39, 0.29) is 5.97 Å². The summed E-state index contributed by atoms with van der Waals surface area (Å²) in [6.45, 7) is 2.13. The fraction of sp³-hybridized carbons (Fsp3) is 0.357. The topological polar surface area (TPSA) is 90.8 Å². The lowest BCUT2D eigenvalue weighted by atomic mass is 10.1. The minimum absolute atomic E-state index is 0.356. The van der Waals surface area contributed by atoms with E-state index in [1.807, 2.05) is 6.07 Å². The van der Waals surface area contributed by atoms with E-state index in [1.165, 1.54) is 11.1 Å². The molecule has 0 bridgehead atoms. The third kappa shape index (κ3) is 4.17. The molecule has 0 heterocycles. The summed E-state index contributed by atoms with van der Waals surface area (Å²) in [7, 11) is 3.24. The Kier molecular flexibility index (Phi) is 5.86. The number of hydrazine groups is 1. The number of nitrogens with zero attached hydrogens (tertiary/aromatic N) is 1. The van der Waals surface area contributed by atoms with E-state index < -0.39 is 0 Å². The highest BCUT2D eigenvalue weighted by atomic mass is 16.5. The van der Waals surface area contributed by atoms with Crippen molar-refractivity contribution in [1.82, 2.24) is 0 Å².